The van der Waals surface area contributed by atoms with Crippen LogP contribution < -0.4 is 14.8 Å². The molecule has 0 aliphatic carbocycles. The minimum atomic E-state index is -0.128. The number of nitrogens with one attached hydrogen (secondary N) is 1. The number of rotatable bonds is 6. The van der Waals surface area contributed by atoms with Gasteiger partial charge in [-0.3, -0.25) is 4.79 Å². The van der Waals surface area contributed by atoms with E-state index in [4.69, 9.17) is 9.47 Å². The molecule has 0 aliphatic rings. The Morgan fingerprint density at radius 2 is 1.88 bits per heavy atom. The number of anilines is 1. The van der Waals surface area contributed by atoms with E-state index >= 15 is 0 Å². The number of carbonyl (C=O) groups is 1. The molecule has 1 amide bonds. The minimum absolute atomic E-state index is 0.128. The molecule has 0 unspecified atom stereocenters. The zero-order chi connectivity index (χ0) is 17.6. The summed E-state index contributed by atoms with van der Waals surface area (Å²) < 4.78 is 10.9. The Balaban J connectivity index is 1.59. The lowest BCUT2D eigenvalue weighted by Gasteiger charge is -2.05. The maximum Gasteiger partial charge on any atom is 0.265 e. The van der Waals surface area contributed by atoms with Crippen LogP contribution in [0.2, 0.25) is 0 Å². The Kier molecular flexibility index (Phi) is 5.36. The molecule has 0 bridgehead atoms. The normalized spacial score (nSPS) is 10.3. The van der Waals surface area contributed by atoms with Gasteiger partial charge in [-0.05, 0) is 60.3 Å². The summed E-state index contributed by atoms with van der Waals surface area (Å²) in [6.45, 7) is 2.47. The van der Waals surface area contributed by atoms with E-state index in [0.717, 1.165) is 28.3 Å². The number of thiophene rings is 1. The third-order valence-electron chi connectivity index (χ3n) is 3.62. The average Bonchev–Trinajstić information content (AvgIpc) is 3.10. The second-order valence-electron chi connectivity index (χ2n) is 5.61. The van der Waals surface area contributed by atoms with Gasteiger partial charge in [-0.1, -0.05) is 12.1 Å². The standard InChI is InChI=1S/C20H19NO3S/c1-14-4-3-5-18(10-14)24-12-15-11-19(25-13-15)20(22)21-16-6-8-17(23-2)9-7-16/h3-11,13H,12H2,1-2H3,(H,21,22). The van der Waals surface area contributed by atoms with Crippen LogP contribution in [0.1, 0.15) is 20.8 Å². The van der Waals surface area contributed by atoms with Crippen LogP contribution in [-0.4, -0.2) is 13.0 Å². The lowest BCUT2D eigenvalue weighted by molar-refractivity contribution is 0.103. The van der Waals surface area contributed by atoms with E-state index in [1.54, 1.807) is 7.11 Å². The SMILES string of the molecule is COc1ccc(NC(=O)c2cc(COc3cccc(C)c3)cs2)cc1. The molecule has 5 heteroatoms. The van der Waals surface area contributed by atoms with E-state index in [1.165, 1.54) is 11.3 Å². The smallest absolute Gasteiger partial charge is 0.265 e. The first-order valence-electron chi connectivity index (χ1n) is 7.86. The molecule has 0 saturated carbocycles. The van der Waals surface area contributed by atoms with Gasteiger partial charge in [0, 0.05) is 11.3 Å². The summed E-state index contributed by atoms with van der Waals surface area (Å²) in [6, 6.07) is 17.0. The van der Waals surface area contributed by atoms with E-state index in [2.05, 4.69) is 5.32 Å². The third-order valence-corrected chi connectivity index (χ3v) is 4.60. The summed E-state index contributed by atoms with van der Waals surface area (Å²) in [4.78, 5) is 13.0. The zero-order valence-electron chi connectivity index (χ0n) is 14.1. The van der Waals surface area contributed by atoms with Crippen LogP contribution in [0.4, 0.5) is 5.69 Å². The summed E-state index contributed by atoms with van der Waals surface area (Å²) in [5.74, 6) is 1.46. The molecule has 1 N–H and O–H groups in total. The Labute approximate surface area is 151 Å². The van der Waals surface area contributed by atoms with Gasteiger partial charge in [0.1, 0.15) is 18.1 Å². The molecule has 0 atom stereocenters. The van der Waals surface area contributed by atoms with Crippen molar-refractivity contribution >= 4 is 22.9 Å². The van der Waals surface area contributed by atoms with Crippen LogP contribution >= 0.6 is 11.3 Å². The third kappa shape index (κ3) is 4.61. The van der Waals surface area contributed by atoms with Crippen molar-refractivity contribution in [2.75, 3.05) is 12.4 Å². The van der Waals surface area contributed by atoms with Crippen LogP contribution in [-0.2, 0) is 6.61 Å². The van der Waals surface area contributed by atoms with Crippen molar-refractivity contribution in [1.82, 2.24) is 0 Å². The van der Waals surface area contributed by atoms with Crippen LogP contribution in [0, 0.1) is 6.92 Å². The summed E-state index contributed by atoms with van der Waals surface area (Å²) in [6.07, 6.45) is 0. The number of hydrogen-bond donors (Lipinski definition) is 1. The average molecular weight is 353 g/mol. The van der Waals surface area contributed by atoms with Crippen molar-refractivity contribution in [3.63, 3.8) is 0 Å². The molecule has 3 rings (SSSR count). The van der Waals surface area contributed by atoms with E-state index in [0.29, 0.717) is 11.5 Å². The molecule has 0 aliphatic heterocycles. The first kappa shape index (κ1) is 17.0. The van der Waals surface area contributed by atoms with Crippen LogP contribution in [0.15, 0.2) is 60.0 Å². The molecule has 2 aromatic carbocycles. The van der Waals surface area contributed by atoms with Gasteiger partial charge in [0.15, 0.2) is 0 Å². The second-order valence-corrected chi connectivity index (χ2v) is 6.52. The fraction of sp³-hybridized carbons (Fsp3) is 0.150. The van der Waals surface area contributed by atoms with Crippen molar-refractivity contribution < 1.29 is 14.3 Å². The second kappa shape index (κ2) is 7.85. The van der Waals surface area contributed by atoms with Crippen molar-refractivity contribution in [1.29, 1.82) is 0 Å². The highest BCUT2D eigenvalue weighted by atomic mass is 32.1. The Morgan fingerprint density at radius 1 is 1.08 bits per heavy atom. The molecule has 0 fully saturated rings. The van der Waals surface area contributed by atoms with Gasteiger partial charge in [-0.15, -0.1) is 11.3 Å². The predicted octanol–water partition coefficient (Wildman–Crippen LogP) is 4.90. The minimum Gasteiger partial charge on any atom is -0.497 e. The fourth-order valence-corrected chi connectivity index (χ4v) is 3.10. The van der Waals surface area contributed by atoms with Gasteiger partial charge in [0.05, 0.1) is 12.0 Å². The predicted molar refractivity (Wildman–Crippen MR) is 101 cm³/mol. The topological polar surface area (TPSA) is 47.6 Å². The van der Waals surface area contributed by atoms with Gasteiger partial charge in [-0.2, -0.15) is 0 Å². The van der Waals surface area contributed by atoms with E-state index in [1.807, 2.05) is 66.9 Å². The van der Waals surface area contributed by atoms with Gasteiger partial charge < -0.3 is 14.8 Å². The van der Waals surface area contributed by atoms with Crippen LogP contribution in [0.3, 0.4) is 0 Å². The van der Waals surface area contributed by atoms with E-state index < -0.39 is 0 Å². The number of carbonyl (C=O) groups excluding carboxylic acids is 1. The molecule has 0 spiro atoms. The quantitative estimate of drug-likeness (QED) is 0.686. The Morgan fingerprint density at radius 3 is 2.60 bits per heavy atom. The number of benzene rings is 2. The van der Waals surface area contributed by atoms with Gasteiger partial charge in [0.2, 0.25) is 0 Å². The van der Waals surface area contributed by atoms with Gasteiger partial charge in [0.25, 0.3) is 5.91 Å². The van der Waals surface area contributed by atoms with Crippen molar-refractivity contribution in [2.45, 2.75) is 13.5 Å². The maximum atomic E-state index is 12.3. The van der Waals surface area contributed by atoms with Gasteiger partial charge >= 0.3 is 0 Å². The molecule has 3 aromatic rings. The molecule has 0 radical (unpaired) electrons. The summed E-state index contributed by atoms with van der Waals surface area (Å²) in [7, 11) is 1.61. The molecular weight excluding hydrogens is 334 g/mol. The molecule has 128 valence electrons. The lowest BCUT2D eigenvalue weighted by Crippen LogP contribution is -2.10. The lowest BCUT2D eigenvalue weighted by atomic mass is 10.2. The monoisotopic (exact) mass is 353 g/mol. The largest absolute Gasteiger partial charge is 0.497 e. The highest BCUT2D eigenvalue weighted by Crippen LogP contribution is 2.21. The first-order chi connectivity index (χ1) is 12.1. The number of aryl methyl sites for hydroxylation is 1. The zero-order valence-corrected chi connectivity index (χ0v) is 14.9. The Bertz CT molecular complexity index is 855. The van der Waals surface area contributed by atoms with Crippen molar-refractivity contribution in [3.8, 4) is 11.5 Å². The van der Waals surface area contributed by atoms with E-state index in [9.17, 15) is 4.79 Å². The molecule has 1 heterocycles. The first-order valence-corrected chi connectivity index (χ1v) is 8.74. The van der Waals surface area contributed by atoms with Crippen LogP contribution in [0.25, 0.3) is 0 Å². The molecule has 1 aromatic heterocycles. The summed E-state index contributed by atoms with van der Waals surface area (Å²) in [5.41, 5.74) is 2.87. The van der Waals surface area contributed by atoms with Crippen molar-refractivity contribution in [3.05, 3.63) is 76.0 Å². The molecule has 25 heavy (non-hydrogen) atoms. The van der Waals surface area contributed by atoms with Crippen molar-refractivity contribution in [2.24, 2.45) is 0 Å². The highest BCUT2D eigenvalue weighted by Gasteiger charge is 2.10. The summed E-state index contributed by atoms with van der Waals surface area (Å²) >= 11 is 1.41. The number of methoxy groups -OCH3 is 1. The molecule has 0 saturated heterocycles. The van der Waals surface area contributed by atoms with Gasteiger partial charge in [-0.25, -0.2) is 0 Å². The number of ether oxygens (including phenoxy) is 2. The number of hydrogen-bond acceptors (Lipinski definition) is 4. The molecular formula is C20H19NO3S. The summed E-state index contributed by atoms with van der Waals surface area (Å²) in [5, 5.41) is 4.82. The molecule has 4 nitrogen and oxygen atoms in total. The maximum absolute atomic E-state index is 12.3. The number of amides is 1. The van der Waals surface area contributed by atoms with Crippen LogP contribution in [0.5, 0.6) is 11.5 Å². The van der Waals surface area contributed by atoms with E-state index in [-0.39, 0.29) is 5.91 Å². The Hall–Kier alpha value is -2.79. The fourth-order valence-electron chi connectivity index (χ4n) is 2.31. The highest BCUT2D eigenvalue weighted by molar-refractivity contribution is 7.12.